The van der Waals surface area contributed by atoms with Gasteiger partial charge in [-0.05, 0) is 23.3 Å². The first-order valence-corrected chi connectivity index (χ1v) is 9.47. The monoisotopic (exact) mass is 457 g/mol. The Morgan fingerprint density at radius 3 is 2.16 bits per heavy atom. The molecule has 0 saturated carbocycles. The lowest BCUT2D eigenvalue weighted by Gasteiger charge is -2.11. The fourth-order valence-corrected chi connectivity index (χ4v) is 2.78. The van der Waals surface area contributed by atoms with Gasteiger partial charge >= 0.3 is 5.69 Å². The molecule has 1 heterocycles. The summed E-state index contributed by atoms with van der Waals surface area (Å²) >= 11 is 5.85. The van der Waals surface area contributed by atoms with Crippen molar-refractivity contribution in [3.05, 3.63) is 91.2 Å². The third kappa shape index (κ3) is 5.86. The minimum atomic E-state index is -0.672. The largest absolute Gasteiger partial charge is 0.360 e. The number of aromatic nitrogens is 2. The summed E-state index contributed by atoms with van der Waals surface area (Å²) in [4.78, 5) is 41.0. The number of benzene rings is 2. The highest BCUT2D eigenvalue weighted by Gasteiger charge is 2.23. The lowest BCUT2D eigenvalue weighted by Crippen LogP contribution is -2.31. The Morgan fingerprint density at radius 1 is 0.906 bits per heavy atom. The standard InChI is InChI=1S/C19H16ClN7O5/c20-14-5-1-13(2-6-14)10-21-18-17(27(31)32)19(23-11-22-18)25-24-16(28)9-12-3-7-15(8-4-12)26(29)30/h1-8,11H,9-10H2,(H,24,28)(H2,21,22,23,25). The number of carbonyl (C=O) groups excluding carboxylic acids is 1. The number of rotatable bonds is 9. The molecule has 0 aliphatic rings. The topological polar surface area (TPSA) is 165 Å². The molecule has 0 aliphatic heterocycles. The molecule has 1 aromatic heterocycles. The maximum Gasteiger partial charge on any atom is 0.354 e. The van der Waals surface area contributed by atoms with E-state index < -0.39 is 21.4 Å². The van der Waals surface area contributed by atoms with Gasteiger partial charge in [0, 0.05) is 23.7 Å². The maximum absolute atomic E-state index is 12.2. The van der Waals surface area contributed by atoms with Gasteiger partial charge in [0.2, 0.25) is 17.5 Å². The van der Waals surface area contributed by atoms with Crippen molar-refractivity contribution in [1.29, 1.82) is 0 Å². The van der Waals surface area contributed by atoms with Gasteiger partial charge in [-0.3, -0.25) is 35.9 Å². The molecule has 32 heavy (non-hydrogen) atoms. The highest BCUT2D eigenvalue weighted by atomic mass is 35.5. The van der Waals surface area contributed by atoms with E-state index in [1.54, 1.807) is 24.3 Å². The highest BCUT2D eigenvalue weighted by molar-refractivity contribution is 6.30. The van der Waals surface area contributed by atoms with E-state index >= 15 is 0 Å². The number of halogens is 1. The molecule has 0 aliphatic carbocycles. The number of nitro benzene ring substituents is 1. The van der Waals surface area contributed by atoms with E-state index in [2.05, 4.69) is 26.1 Å². The van der Waals surface area contributed by atoms with Gasteiger partial charge in [-0.2, -0.15) is 0 Å². The highest BCUT2D eigenvalue weighted by Crippen LogP contribution is 2.28. The van der Waals surface area contributed by atoms with Crippen LogP contribution < -0.4 is 16.2 Å². The second kappa shape index (κ2) is 10.1. The Bertz CT molecular complexity index is 1140. The predicted octanol–water partition coefficient (Wildman–Crippen LogP) is 3.24. The number of hydrazine groups is 1. The van der Waals surface area contributed by atoms with Crippen LogP contribution in [0.1, 0.15) is 11.1 Å². The molecule has 3 aromatic rings. The minimum Gasteiger partial charge on any atom is -0.360 e. The van der Waals surface area contributed by atoms with Crippen molar-refractivity contribution in [2.24, 2.45) is 0 Å². The summed E-state index contributed by atoms with van der Waals surface area (Å²) < 4.78 is 0. The lowest BCUT2D eigenvalue weighted by molar-refractivity contribution is -0.384. The molecule has 0 saturated heterocycles. The van der Waals surface area contributed by atoms with Gasteiger partial charge in [0.05, 0.1) is 16.3 Å². The summed E-state index contributed by atoms with van der Waals surface area (Å²) in [6.07, 6.45) is 1.01. The minimum absolute atomic E-state index is 0.0351. The van der Waals surface area contributed by atoms with E-state index in [0.29, 0.717) is 10.6 Å². The van der Waals surface area contributed by atoms with E-state index in [1.165, 1.54) is 24.3 Å². The lowest BCUT2D eigenvalue weighted by atomic mass is 10.1. The molecule has 0 fully saturated rings. The number of amides is 1. The predicted molar refractivity (Wildman–Crippen MR) is 116 cm³/mol. The van der Waals surface area contributed by atoms with Crippen molar-refractivity contribution in [3.8, 4) is 0 Å². The number of hydrogen-bond donors (Lipinski definition) is 3. The number of anilines is 2. The van der Waals surface area contributed by atoms with Crippen molar-refractivity contribution in [1.82, 2.24) is 15.4 Å². The third-order valence-corrected chi connectivity index (χ3v) is 4.46. The smallest absolute Gasteiger partial charge is 0.354 e. The summed E-state index contributed by atoms with van der Waals surface area (Å²) in [6, 6.07) is 12.4. The van der Waals surface area contributed by atoms with Gasteiger partial charge in [0.15, 0.2) is 0 Å². The van der Waals surface area contributed by atoms with Crippen LogP contribution >= 0.6 is 11.6 Å². The van der Waals surface area contributed by atoms with Crippen LogP contribution in [0.25, 0.3) is 0 Å². The van der Waals surface area contributed by atoms with Crippen LogP contribution in [0.5, 0.6) is 0 Å². The molecule has 2 aromatic carbocycles. The molecule has 0 bridgehead atoms. The zero-order chi connectivity index (χ0) is 23.1. The van der Waals surface area contributed by atoms with Crippen molar-refractivity contribution in [3.63, 3.8) is 0 Å². The van der Waals surface area contributed by atoms with Crippen LogP contribution in [0.2, 0.25) is 5.02 Å². The first-order chi connectivity index (χ1) is 15.3. The maximum atomic E-state index is 12.2. The molecular weight excluding hydrogens is 442 g/mol. The Labute approximate surface area is 185 Å². The van der Waals surface area contributed by atoms with Crippen molar-refractivity contribution in [2.45, 2.75) is 13.0 Å². The Kier molecular flexibility index (Phi) is 7.08. The van der Waals surface area contributed by atoms with Crippen LogP contribution in [0.4, 0.5) is 23.0 Å². The van der Waals surface area contributed by atoms with Gasteiger partial charge in [0.1, 0.15) is 6.33 Å². The molecule has 0 radical (unpaired) electrons. The number of nitrogens with zero attached hydrogens (tertiary/aromatic N) is 4. The Balaban J connectivity index is 1.65. The van der Waals surface area contributed by atoms with E-state index in [9.17, 15) is 25.0 Å². The normalized spacial score (nSPS) is 10.3. The molecule has 164 valence electrons. The average Bonchev–Trinajstić information content (AvgIpc) is 2.77. The number of non-ortho nitro benzene ring substituents is 1. The van der Waals surface area contributed by atoms with E-state index in [1.807, 2.05) is 0 Å². The summed E-state index contributed by atoms with van der Waals surface area (Å²) in [5.41, 5.74) is 5.57. The quantitative estimate of drug-likeness (QED) is 0.323. The average molecular weight is 458 g/mol. The fourth-order valence-electron chi connectivity index (χ4n) is 2.65. The van der Waals surface area contributed by atoms with Gasteiger partial charge in [-0.25, -0.2) is 9.97 Å². The zero-order valence-corrected chi connectivity index (χ0v) is 17.1. The van der Waals surface area contributed by atoms with Crippen LogP contribution in [0.15, 0.2) is 54.9 Å². The van der Waals surface area contributed by atoms with Gasteiger partial charge < -0.3 is 5.32 Å². The molecule has 13 heteroatoms. The van der Waals surface area contributed by atoms with Crippen LogP contribution in [0, 0.1) is 20.2 Å². The summed E-state index contributed by atoms with van der Waals surface area (Å²) in [5.74, 6) is -0.768. The van der Waals surface area contributed by atoms with Crippen molar-refractivity contribution < 1.29 is 14.6 Å². The first-order valence-electron chi connectivity index (χ1n) is 9.09. The molecule has 0 spiro atoms. The third-order valence-electron chi connectivity index (χ3n) is 4.21. The van der Waals surface area contributed by atoms with Gasteiger partial charge in [-0.1, -0.05) is 35.9 Å². The van der Waals surface area contributed by atoms with Crippen molar-refractivity contribution >= 4 is 40.5 Å². The Morgan fingerprint density at radius 2 is 1.53 bits per heavy atom. The zero-order valence-electron chi connectivity index (χ0n) is 16.3. The van der Waals surface area contributed by atoms with Crippen LogP contribution in [-0.2, 0) is 17.8 Å². The van der Waals surface area contributed by atoms with E-state index in [4.69, 9.17) is 11.6 Å². The SMILES string of the molecule is O=C(Cc1ccc([N+](=O)[O-])cc1)NNc1ncnc(NCc2ccc(Cl)cc2)c1[N+](=O)[O-]. The van der Waals surface area contributed by atoms with Crippen LogP contribution in [0.3, 0.4) is 0 Å². The molecule has 0 unspecified atom stereocenters. The summed E-state index contributed by atoms with van der Waals surface area (Å²) in [6.45, 7) is 0.251. The fraction of sp³-hybridized carbons (Fsp3) is 0.105. The van der Waals surface area contributed by atoms with Crippen LogP contribution in [-0.4, -0.2) is 25.7 Å². The van der Waals surface area contributed by atoms with Gasteiger partial charge in [0.25, 0.3) is 5.69 Å². The van der Waals surface area contributed by atoms with Crippen molar-refractivity contribution in [2.75, 3.05) is 10.7 Å². The molecular formula is C19H16ClN7O5. The van der Waals surface area contributed by atoms with E-state index in [-0.39, 0.29) is 30.3 Å². The number of nitro groups is 2. The molecule has 0 atom stereocenters. The van der Waals surface area contributed by atoms with Gasteiger partial charge in [-0.15, -0.1) is 0 Å². The first kappa shape index (κ1) is 22.4. The van der Waals surface area contributed by atoms with E-state index in [0.717, 1.165) is 11.9 Å². The second-order valence-corrected chi connectivity index (χ2v) is 6.87. The second-order valence-electron chi connectivity index (χ2n) is 6.43. The molecule has 1 amide bonds. The molecule has 3 N–H and O–H groups in total. The number of hydrogen-bond acceptors (Lipinski definition) is 9. The molecule has 12 nitrogen and oxygen atoms in total. The Hall–Kier alpha value is -4.32. The summed E-state index contributed by atoms with van der Waals surface area (Å²) in [7, 11) is 0. The number of carbonyl (C=O) groups is 1. The number of nitrogens with one attached hydrogen (secondary N) is 3. The molecule has 3 rings (SSSR count). The summed E-state index contributed by atoms with van der Waals surface area (Å²) in [5, 5.41) is 25.7.